The van der Waals surface area contributed by atoms with Gasteiger partial charge in [0.2, 0.25) is 0 Å². The number of rotatable bonds is 4. The highest BCUT2D eigenvalue weighted by Gasteiger charge is 2.14. The molecular weight excluding hydrogens is 330 g/mol. The first kappa shape index (κ1) is 14.2. The molecular formula is C17H11NO3S2. The van der Waals surface area contributed by atoms with Crippen molar-refractivity contribution in [3.05, 3.63) is 64.7 Å². The van der Waals surface area contributed by atoms with Crippen molar-refractivity contribution in [2.75, 3.05) is 0 Å². The van der Waals surface area contributed by atoms with E-state index in [4.69, 9.17) is 9.15 Å². The Morgan fingerprint density at radius 2 is 2.04 bits per heavy atom. The van der Waals surface area contributed by atoms with E-state index in [0.717, 1.165) is 20.9 Å². The molecule has 0 fully saturated rings. The zero-order valence-corrected chi connectivity index (χ0v) is 13.5. The molecule has 0 bridgehead atoms. The van der Waals surface area contributed by atoms with E-state index < -0.39 is 0 Å². The van der Waals surface area contributed by atoms with E-state index in [1.807, 2.05) is 47.2 Å². The molecule has 0 aliphatic rings. The van der Waals surface area contributed by atoms with Crippen LogP contribution in [0.5, 0.6) is 0 Å². The lowest BCUT2D eigenvalue weighted by Crippen LogP contribution is -2.04. The van der Waals surface area contributed by atoms with Crippen LogP contribution in [-0.2, 0) is 11.3 Å². The van der Waals surface area contributed by atoms with Crippen LogP contribution in [0, 0.1) is 0 Å². The molecule has 4 aromatic rings. The van der Waals surface area contributed by atoms with Gasteiger partial charge in [0.05, 0.1) is 17.5 Å². The van der Waals surface area contributed by atoms with E-state index in [2.05, 4.69) is 4.98 Å². The first-order chi connectivity index (χ1) is 11.3. The van der Waals surface area contributed by atoms with Gasteiger partial charge in [0, 0.05) is 20.8 Å². The van der Waals surface area contributed by atoms with Gasteiger partial charge in [-0.15, -0.1) is 22.7 Å². The molecule has 0 atom stereocenters. The zero-order valence-electron chi connectivity index (χ0n) is 11.9. The van der Waals surface area contributed by atoms with Crippen molar-refractivity contribution < 1.29 is 13.9 Å². The molecule has 0 amide bonds. The lowest BCUT2D eigenvalue weighted by atomic mass is 10.2. The molecule has 3 heterocycles. The summed E-state index contributed by atoms with van der Waals surface area (Å²) in [6, 6.07) is 11.5. The number of carbonyl (C=O) groups is 1. The number of thiazole rings is 1. The van der Waals surface area contributed by atoms with Crippen molar-refractivity contribution in [2.24, 2.45) is 0 Å². The van der Waals surface area contributed by atoms with Crippen LogP contribution in [0.4, 0.5) is 0 Å². The van der Waals surface area contributed by atoms with Gasteiger partial charge in [0.25, 0.3) is 0 Å². The Morgan fingerprint density at radius 1 is 1.13 bits per heavy atom. The molecule has 0 unspecified atom stereocenters. The van der Waals surface area contributed by atoms with E-state index in [-0.39, 0.29) is 12.6 Å². The minimum Gasteiger partial charge on any atom is -0.462 e. The minimum atomic E-state index is -0.324. The van der Waals surface area contributed by atoms with E-state index in [9.17, 15) is 4.79 Å². The summed E-state index contributed by atoms with van der Waals surface area (Å²) in [7, 11) is 0. The molecule has 0 aliphatic carbocycles. The van der Waals surface area contributed by atoms with E-state index in [1.54, 1.807) is 6.26 Å². The summed E-state index contributed by atoms with van der Waals surface area (Å²) in [6.45, 7) is 0.153. The lowest BCUT2D eigenvalue weighted by molar-refractivity contribution is 0.0471. The Bertz CT molecular complexity index is 953. The maximum atomic E-state index is 12.3. The molecule has 6 heteroatoms. The summed E-state index contributed by atoms with van der Waals surface area (Å²) < 4.78 is 11.8. The number of esters is 1. The second kappa shape index (κ2) is 5.98. The molecule has 114 valence electrons. The smallest absolute Gasteiger partial charge is 0.340 e. The average Bonchev–Trinajstić information content (AvgIpc) is 3.31. The minimum absolute atomic E-state index is 0.153. The van der Waals surface area contributed by atoms with Crippen LogP contribution in [-0.4, -0.2) is 11.0 Å². The van der Waals surface area contributed by atoms with Gasteiger partial charge in [-0.2, -0.15) is 0 Å². The van der Waals surface area contributed by atoms with Crippen LogP contribution in [0.25, 0.3) is 20.9 Å². The number of aromatic nitrogens is 1. The molecule has 0 radical (unpaired) electrons. The highest BCUT2D eigenvalue weighted by molar-refractivity contribution is 7.17. The Balaban J connectivity index is 1.48. The van der Waals surface area contributed by atoms with Gasteiger partial charge in [0.1, 0.15) is 6.61 Å². The van der Waals surface area contributed by atoms with Crippen LogP contribution < -0.4 is 0 Å². The summed E-state index contributed by atoms with van der Waals surface area (Å²) in [5.41, 5.74) is 1.32. The second-order valence-electron chi connectivity index (χ2n) is 4.84. The Hall–Kier alpha value is -2.44. The van der Waals surface area contributed by atoms with E-state index in [1.165, 1.54) is 22.7 Å². The standard InChI is InChI=1S/C17H11NO3S2/c19-17(13-10-22-15-6-2-1-4-12(13)15)21-8-11-9-23-16(18-11)14-5-3-7-20-14/h1-7,9-10H,8H2. The number of furan rings is 1. The number of thiophene rings is 1. The topological polar surface area (TPSA) is 52.3 Å². The fourth-order valence-corrected chi connectivity index (χ4v) is 3.94. The van der Waals surface area contributed by atoms with Gasteiger partial charge in [-0.05, 0) is 18.2 Å². The highest BCUT2D eigenvalue weighted by Crippen LogP contribution is 2.27. The van der Waals surface area contributed by atoms with Gasteiger partial charge >= 0.3 is 5.97 Å². The maximum absolute atomic E-state index is 12.3. The quantitative estimate of drug-likeness (QED) is 0.492. The molecule has 0 saturated carbocycles. The number of ether oxygens (including phenoxy) is 1. The Morgan fingerprint density at radius 3 is 2.91 bits per heavy atom. The van der Waals surface area contributed by atoms with Crippen molar-refractivity contribution in [2.45, 2.75) is 6.61 Å². The van der Waals surface area contributed by atoms with Gasteiger partial charge in [-0.1, -0.05) is 18.2 Å². The first-order valence-electron chi connectivity index (χ1n) is 6.93. The molecule has 0 saturated heterocycles. The Kier molecular flexibility index (Phi) is 3.69. The second-order valence-corrected chi connectivity index (χ2v) is 6.61. The molecule has 23 heavy (non-hydrogen) atoms. The molecule has 3 aromatic heterocycles. The number of nitrogens with zero attached hydrogens (tertiary/aromatic N) is 1. The summed E-state index contributed by atoms with van der Waals surface area (Å²) in [5.74, 6) is 0.395. The number of benzene rings is 1. The summed E-state index contributed by atoms with van der Waals surface area (Å²) in [5, 5.41) is 5.42. The number of hydrogen-bond donors (Lipinski definition) is 0. The third-order valence-corrected chi connectivity index (χ3v) is 5.20. The molecule has 0 spiro atoms. The largest absolute Gasteiger partial charge is 0.462 e. The normalized spacial score (nSPS) is 11.0. The van der Waals surface area contributed by atoms with Crippen molar-refractivity contribution >= 4 is 38.7 Å². The van der Waals surface area contributed by atoms with Crippen LogP contribution >= 0.6 is 22.7 Å². The third kappa shape index (κ3) is 2.78. The van der Waals surface area contributed by atoms with Crippen LogP contribution in [0.3, 0.4) is 0 Å². The van der Waals surface area contributed by atoms with Crippen LogP contribution in [0.1, 0.15) is 16.1 Å². The summed E-state index contributed by atoms with van der Waals surface area (Å²) in [4.78, 5) is 16.7. The van der Waals surface area contributed by atoms with E-state index >= 15 is 0 Å². The fourth-order valence-electron chi connectivity index (χ4n) is 2.24. The summed E-state index contributed by atoms with van der Waals surface area (Å²) >= 11 is 3.00. The summed E-state index contributed by atoms with van der Waals surface area (Å²) in [6.07, 6.45) is 1.61. The van der Waals surface area contributed by atoms with Gasteiger partial charge in [-0.25, -0.2) is 9.78 Å². The Labute approximate surface area is 140 Å². The number of hydrogen-bond acceptors (Lipinski definition) is 6. The molecule has 0 N–H and O–H groups in total. The van der Waals surface area contributed by atoms with Gasteiger partial charge in [0.15, 0.2) is 10.8 Å². The SMILES string of the molecule is O=C(OCc1csc(-c2ccco2)n1)c1csc2ccccc12. The van der Waals surface area contributed by atoms with Crippen molar-refractivity contribution in [3.8, 4) is 10.8 Å². The lowest BCUT2D eigenvalue weighted by Gasteiger charge is -2.01. The van der Waals surface area contributed by atoms with Gasteiger partial charge in [-0.3, -0.25) is 0 Å². The predicted molar refractivity (Wildman–Crippen MR) is 90.8 cm³/mol. The number of fused-ring (bicyclic) bond motifs is 1. The first-order valence-corrected chi connectivity index (χ1v) is 8.69. The molecule has 0 aliphatic heterocycles. The average molecular weight is 341 g/mol. The van der Waals surface area contributed by atoms with Crippen LogP contribution in [0.2, 0.25) is 0 Å². The van der Waals surface area contributed by atoms with Crippen molar-refractivity contribution in [1.29, 1.82) is 0 Å². The molecule has 4 rings (SSSR count). The van der Waals surface area contributed by atoms with Crippen LogP contribution in [0.15, 0.2) is 57.8 Å². The highest BCUT2D eigenvalue weighted by atomic mass is 32.1. The van der Waals surface area contributed by atoms with Gasteiger partial charge < -0.3 is 9.15 Å². The monoisotopic (exact) mass is 341 g/mol. The predicted octanol–water partition coefficient (Wildman–Crippen LogP) is 4.97. The van der Waals surface area contributed by atoms with Crippen molar-refractivity contribution in [3.63, 3.8) is 0 Å². The molecule has 4 nitrogen and oxygen atoms in total. The maximum Gasteiger partial charge on any atom is 0.340 e. The van der Waals surface area contributed by atoms with E-state index in [0.29, 0.717) is 11.3 Å². The fraction of sp³-hybridized carbons (Fsp3) is 0.0588. The molecule has 1 aromatic carbocycles. The van der Waals surface area contributed by atoms with Crippen molar-refractivity contribution in [1.82, 2.24) is 4.98 Å². The zero-order chi connectivity index (χ0) is 15.6. The number of carbonyl (C=O) groups excluding carboxylic acids is 1. The third-order valence-electron chi connectivity index (χ3n) is 3.34.